The molecule has 0 radical (unpaired) electrons. The van der Waals surface area contributed by atoms with Gasteiger partial charge in [-0.2, -0.15) is 0 Å². The number of methoxy groups -OCH3 is 1. The summed E-state index contributed by atoms with van der Waals surface area (Å²) in [6, 6.07) is 12.7. The van der Waals surface area contributed by atoms with Gasteiger partial charge in [0.15, 0.2) is 0 Å². The molecule has 0 aliphatic heterocycles. The third kappa shape index (κ3) is 3.06. The Hall–Kier alpha value is -1.58. The van der Waals surface area contributed by atoms with E-state index in [1.807, 2.05) is 6.07 Å². The van der Waals surface area contributed by atoms with E-state index >= 15 is 0 Å². The van der Waals surface area contributed by atoms with Gasteiger partial charge in [-0.25, -0.2) is 0 Å². The molecule has 0 atom stereocenters. The molecule has 0 saturated heterocycles. The highest BCUT2D eigenvalue weighted by Crippen LogP contribution is 2.28. The van der Waals surface area contributed by atoms with Crippen molar-refractivity contribution in [2.45, 2.75) is 19.3 Å². The lowest BCUT2D eigenvalue weighted by molar-refractivity contribution is 0.415. The standard InChI is InChI=1S/C16H22N2O/c1-16(2,10-18-11-17)14-6-4-13-9-15(19-3)7-5-12(13)8-14/h4-9,18H,10-11,17H2,1-3H3. The summed E-state index contributed by atoms with van der Waals surface area (Å²) < 4.78 is 5.25. The Morgan fingerprint density at radius 2 is 1.79 bits per heavy atom. The molecule has 2 aromatic rings. The van der Waals surface area contributed by atoms with Crippen LogP contribution in [0.2, 0.25) is 0 Å². The third-order valence-electron chi connectivity index (χ3n) is 3.54. The molecule has 0 aliphatic rings. The lowest BCUT2D eigenvalue weighted by atomic mass is 9.83. The minimum Gasteiger partial charge on any atom is -0.497 e. The van der Waals surface area contributed by atoms with Crippen molar-refractivity contribution in [1.82, 2.24) is 5.32 Å². The maximum Gasteiger partial charge on any atom is 0.119 e. The van der Waals surface area contributed by atoms with Crippen LogP contribution in [-0.4, -0.2) is 20.3 Å². The molecule has 0 spiro atoms. The second-order valence-corrected chi connectivity index (χ2v) is 5.44. The number of hydrogen-bond donors (Lipinski definition) is 2. The van der Waals surface area contributed by atoms with Gasteiger partial charge in [0.05, 0.1) is 7.11 Å². The Morgan fingerprint density at radius 3 is 2.47 bits per heavy atom. The predicted molar refractivity (Wildman–Crippen MR) is 80.6 cm³/mol. The quantitative estimate of drug-likeness (QED) is 0.810. The summed E-state index contributed by atoms with van der Waals surface area (Å²) in [7, 11) is 1.69. The molecular formula is C16H22N2O. The van der Waals surface area contributed by atoms with Crippen molar-refractivity contribution < 1.29 is 4.74 Å². The molecule has 0 amide bonds. The summed E-state index contributed by atoms with van der Waals surface area (Å²) in [4.78, 5) is 0. The maximum absolute atomic E-state index is 5.51. The first-order valence-corrected chi connectivity index (χ1v) is 6.56. The number of ether oxygens (including phenoxy) is 1. The van der Waals surface area contributed by atoms with Crippen molar-refractivity contribution in [2.75, 3.05) is 20.3 Å². The number of rotatable bonds is 5. The fraction of sp³-hybridized carbons (Fsp3) is 0.375. The second-order valence-electron chi connectivity index (χ2n) is 5.44. The maximum atomic E-state index is 5.51. The van der Waals surface area contributed by atoms with E-state index in [0.717, 1.165) is 12.3 Å². The Labute approximate surface area is 114 Å². The van der Waals surface area contributed by atoms with Crippen molar-refractivity contribution in [1.29, 1.82) is 0 Å². The highest BCUT2D eigenvalue weighted by Gasteiger charge is 2.20. The van der Waals surface area contributed by atoms with E-state index in [2.05, 4.69) is 49.5 Å². The van der Waals surface area contributed by atoms with Crippen LogP contribution in [0.15, 0.2) is 36.4 Å². The van der Waals surface area contributed by atoms with E-state index in [-0.39, 0.29) is 5.41 Å². The number of hydrogen-bond acceptors (Lipinski definition) is 3. The minimum atomic E-state index is 0.0630. The Kier molecular flexibility index (Phi) is 4.08. The second kappa shape index (κ2) is 5.59. The van der Waals surface area contributed by atoms with Crippen LogP contribution in [0.25, 0.3) is 10.8 Å². The highest BCUT2D eigenvalue weighted by molar-refractivity contribution is 5.84. The normalized spacial score (nSPS) is 11.8. The molecule has 0 aromatic heterocycles. The summed E-state index contributed by atoms with van der Waals surface area (Å²) in [5.41, 5.74) is 6.89. The van der Waals surface area contributed by atoms with E-state index < -0.39 is 0 Å². The summed E-state index contributed by atoms with van der Waals surface area (Å²) in [6.07, 6.45) is 0. The monoisotopic (exact) mass is 258 g/mol. The van der Waals surface area contributed by atoms with Gasteiger partial charge in [0.2, 0.25) is 0 Å². The SMILES string of the molecule is COc1ccc2cc(C(C)(C)CNCN)ccc2c1. The third-order valence-corrected chi connectivity index (χ3v) is 3.54. The Balaban J connectivity index is 2.36. The van der Waals surface area contributed by atoms with Crippen LogP contribution in [0.3, 0.4) is 0 Å². The Morgan fingerprint density at radius 1 is 1.11 bits per heavy atom. The average molecular weight is 258 g/mol. The van der Waals surface area contributed by atoms with Crippen LogP contribution < -0.4 is 15.8 Å². The zero-order valence-corrected chi connectivity index (χ0v) is 11.9. The fourth-order valence-corrected chi connectivity index (χ4v) is 2.26. The molecule has 2 aromatic carbocycles. The average Bonchev–Trinajstić information content (AvgIpc) is 2.44. The van der Waals surface area contributed by atoms with Gasteiger partial charge in [-0.05, 0) is 28.5 Å². The molecule has 0 unspecified atom stereocenters. The van der Waals surface area contributed by atoms with Gasteiger partial charge in [-0.1, -0.05) is 38.1 Å². The van der Waals surface area contributed by atoms with Crippen LogP contribution in [-0.2, 0) is 5.41 Å². The highest BCUT2D eigenvalue weighted by atomic mass is 16.5. The molecule has 3 N–H and O–H groups in total. The number of fused-ring (bicyclic) bond motifs is 1. The lowest BCUT2D eigenvalue weighted by Crippen LogP contribution is -2.35. The number of nitrogens with two attached hydrogens (primary N) is 1. The molecule has 3 nitrogen and oxygen atoms in total. The number of benzene rings is 2. The van der Waals surface area contributed by atoms with Gasteiger partial charge < -0.3 is 15.8 Å². The first kappa shape index (κ1) is 13.8. The summed E-state index contributed by atoms with van der Waals surface area (Å²) in [5, 5.41) is 5.65. The van der Waals surface area contributed by atoms with Crippen molar-refractivity contribution in [3.63, 3.8) is 0 Å². The van der Waals surface area contributed by atoms with Gasteiger partial charge in [0.25, 0.3) is 0 Å². The minimum absolute atomic E-state index is 0.0630. The zero-order valence-electron chi connectivity index (χ0n) is 11.9. The molecular weight excluding hydrogens is 236 g/mol. The molecule has 19 heavy (non-hydrogen) atoms. The van der Waals surface area contributed by atoms with Crippen molar-refractivity contribution in [3.8, 4) is 5.75 Å². The topological polar surface area (TPSA) is 47.3 Å². The molecule has 102 valence electrons. The van der Waals surface area contributed by atoms with Crippen LogP contribution in [0.4, 0.5) is 0 Å². The lowest BCUT2D eigenvalue weighted by Gasteiger charge is -2.26. The van der Waals surface area contributed by atoms with E-state index in [4.69, 9.17) is 10.5 Å². The first-order chi connectivity index (χ1) is 9.06. The predicted octanol–water partition coefficient (Wildman–Crippen LogP) is 2.63. The fourth-order valence-electron chi connectivity index (χ4n) is 2.26. The molecule has 3 heteroatoms. The molecule has 0 heterocycles. The van der Waals surface area contributed by atoms with Gasteiger partial charge in [-0.3, -0.25) is 0 Å². The first-order valence-electron chi connectivity index (χ1n) is 6.56. The van der Waals surface area contributed by atoms with Crippen molar-refractivity contribution in [2.24, 2.45) is 5.73 Å². The van der Waals surface area contributed by atoms with Gasteiger partial charge in [-0.15, -0.1) is 0 Å². The van der Waals surface area contributed by atoms with E-state index in [1.165, 1.54) is 16.3 Å². The van der Waals surface area contributed by atoms with Gasteiger partial charge in [0, 0.05) is 18.6 Å². The molecule has 0 bridgehead atoms. The number of nitrogens with one attached hydrogen (secondary N) is 1. The largest absolute Gasteiger partial charge is 0.497 e. The summed E-state index contributed by atoms with van der Waals surface area (Å²) in [6.45, 7) is 5.82. The smallest absolute Gasteiger partial charge is 0.119 e. The molecule has 0 aliphatic carbocycles. The van der Waals surface area contributed by atoms with Crippen LogP contribution in [0.5, 0.6) is 5.75 Å². The van der Waals surface area contributed by atoms with Crippen molar-refractivity contribution >= 4 is 10.8 Å². The van der Waals surface area contributed by atoms with Crippen LogP contribution >= 0.6 is 0 Å². The summed E-state index contributed by atoms with van der Waals surface area (Å²) in [5.74, 6) is 0.893. The molecule has 2 rings (SSSR count). The molecule has 0 saturated carbocycles. The van der Waals surface area contributed by atoms with Crippen LogP contribution in [0, 0.1) is 0 Å². The summed E-state index contributed by atoms with van der Waals surface area (Å²) >= 11 is 0. The van der Waals surface area contributed by atoms with Crippen molar-refractivity contribution in [3.05, 3.63) is 42.0 Å². The Bertz CT molecular complexity index is 564. The van der Waals surface area contributed by atoms with Gasteiger partial charge in [0.1, 0.15) is 5.75 Å². The molecule has 0 fully saturated rings. The van der Waals surface area contributed by atoms with E-state index in [0.29, 0.717) is 6.67 Å². The zero-order chi connectivity index (χ0) is 13.9. The van der Waals surface area contributed by atoms with Crippen LogP contribution in [0.1, 0.15) is 19.4 Å². The van der Waals surface area contributed by atoms with Gasteiger partial charge >= 0.3 is 0 Å². The van der Waals surface area contributed by atoms with E-state index in [1.54, 1.807) is 7.11 Å². The van der Waals surface area contributed by atoms with E-state index in [9.17, 15) is 0 Å².